The lowest BCUT2D eigenvalue weighted by Gasteiger charge is -2.13. The Balaban J connectivity index is 0. The van der Waals surface area contributed by atoms with Gasteiger partial charge in [0.2, 0.25) is 11.8 Å². The fourth-order valence-electron chi connectivity index (χ4n) is 2.05. The summed E-state index contributed by atoms with van der Waals surface area (Å²) in [6.45, 7) is 12.7. The van der Waals surface area contributed by atoms with Gasteiger partial charge < -0.3 is 0 Å². The topological polar surface area (TPSA) is 54.5 Å². The highest BCUT2D eigenvalue weighted by Gasteiger charge is 2.37. The summed E-state index contributed by atoms with van der Waals surface area (Å²) in [5, 5.41) is -0.102. The summed E-state index contributed by atoms with van der Waals surface area (Å²) in [5.74, 6) is 1.39. The van der Waals surface area contributed by atoms with E-state index < -0.39 is 0 Å². The molecular formula is C21H39NO3S. The number of unbranched alkanes of at least 4 members (excludes halogenated alkanes) is 1. The molecule has 1 heterocycles. The molecule has 1 rings (SSSR count). The van der Waals surface area contributed by atoms with Crippen LogP contribution in [-0.2, 0) is 14.4 Å². The highest BCUT2D eigenvalue weighted by atomic mass is 32.2. The number of Topliss-reactive ketones (excluding diaryl/α,β-unsaturated/α-hetero) is 1. The molecular weight excluding hydrogens is 346 g/mol. The average molecular weight is 386 g/mol. The van der Waals surface area contributed by atoms with Crippen LogP contribution in [-0.4, -0.2) is 40.0 Å². The van der Waals surface area contributed by atoms with Crippen LogP contribution in [0.5, 0.6) is 0 Å². The molecule has 0 bridgehead atoms. The standard InChI is InChI=1S/C11H19NO2S.C6H12O.C4H8/c1-3-5-6-12-10(13)8-9(11(12)14)15-7-4-2;1-3-5-6(7)4-2;1-3-4-2/h9H,3-8H2,1-2H3;3-5H2,1-2H3;3-4H,1-2H3. The lowest BCUT2D eigenvalue weighted by Crippen LogP contribution is -2.32. The number of hydrogen-bond acceptors (Lipinski definition) is 4. The van der Waals surface area contributed by atoms with Crippen molar-refractivity contribution in [1.82, 2.24) is 4.90 Å². The van der Waals surface area contributed by atoms with E-state index >= 15 is 0 Å². The Morgan fingerprint density at radius 3 is 2.08 bits per heavy atom. The van der Waals surface area contributed by atoms with Gasteiger partial charge in [0.1, 0.15) is 5.78 Å². The Bertz CT molecular complexity index is 417. The van der Waals surface area contributed by atoms with Gasteiger partial charge in [-0.3, -0.25) is 19.3 Å². The molecule has 2 amide bonds. The van der Waals surface area contributed by atoms with Crippen LogP contribution in [0.4, 0.5) is 0 Å². The first kappa shape index (κ1) is 27.1. The zero-order valence-electron chi connectivity index (χ0n) is 17.7. The second-order valence-electron chi connectivity index (χ2n) is 6.11. The summed E-state index contributed by atoms with van der Waals surface area (Å²) in [5.41, 5.74) is 0. The molecule has 0 spiro atoms. The number of nitrogens with zero attached hydrogens (tertiary/aromatic N) is 1. The molecule has 152 valence electrons. The molecule has 0 radical (unpaired) electrons. The number of ketones is 1. The van der Waals surface area contributed by atoms with Crippen LogP contribution < -0.4 is 0 Å². The maximum Gasteiger partial charge on any atom is 0.242 e. The monoisotopic (exact) mass is 385 g/mol. The van der Waals surface area contributed by atoms with Crippen LogP contribution >= 0.6 is 11.8 Å². The van der Waals surface area contributed by atoms with E-state index in [4.69, 9.17) is 0 Å². The molecule has 1 aliphatic heterocycles. The molecule has 4 nitrogen and oxygen atoms in total. The second kappa shape index (κ2) is 18.7. The quantitative estimate of drug-likeness (QED) is 0.393. The molecule has 1 unspecified atom stereocenters. The molecule has 1 aliphatic rings. The molecule has 26 heavy (non-hydrogen) atoms. The molecule has 0 aromatic heterocycles. The van der Waals surface area contributed by atoms with Gasteiger partial charge in [-0.25, -0.2) is 0 Å². The third-order valence-electron chi connectivity index (χ3n) is 3.72. The molecule has 1 atom stereocenters. The third kappa shape index (κ3) is 13.2. The first-order valence-corrected chi connectivity index (χ1v) is 11.0. The van der Waals surface area contributed by atoms with Crippen molar-refractivity contribution in [2.75, 3.05) is 12.3 Å². The van der Waals surface area contributed by atoms with Crippen molar-refractivity contribution in [2.45, 2.75) is 91.7 Å². The Labute approximate surface area is 165 Å². The number of likely N-dealkylation sites (tertiary alicyclic amines) is 1. The number of thioether (sulfide) groups is 1. The minimum absolute atomic E-state index is 0.0158. The zero-order chi connectivity index (χ0) is 20.4. The predicted molar refractivity (Wildman–Crippen MR) is 113 cm³/mol. The summed E-state index contributed by atoms with van der Waals surface area (Å²) < 4.78 is 0. The Morgan fingerprint density at radius 1 is 1.08 bits per heavy atom. The number of rotatable bonds is 9. The SMILES string of the molecule is CC=CC.CCCC(=O)CC.CCCCN1C(=O)CC(SCCC)C1=O. The minimum Gasteiger partial charge on any atom is -0.300 e. The number of carbonyl (C=O) groups excluding carboxylic acids is 3. The van der Waals surface area contributed by atoms with Gasteiger partial charge in [-0.15, -0.1) is 11.8 Å². The highest BCUT2D eigenvalue weighted by Crippen LogP contribution is 2.25. The van der Waals surface area contributed by atoms with Gasteiger partial charge in [-0.05, 0) is 38.9 Å². The number of allylic oxidation sites excluding steroid dienone is 2. The summed E-state index contributed by atoms with van der Waals surface area (Å²) >= 11 is 1.62. The molecule has 0 aromatic rings. The van der Waals surface area contributed by atoms with Gasteiger partial charge in [0, 0.05) is 25.8 Å². The average Bonchev–Trinajstić information content (AvgIpc) is 2.92. The van der Waals surface area contributed by atoms with E-state index in [1.54, 1.807) is 11.8 Å². The minimum atomic E-state index is -0.102. The Morgan fingerprint density at radius 2 is 1.69 bits per heavy atom. The first-order chi connectivity index (χ1) is 12.4. The summed E-state index contributed by atoms with van der Waals surface area (Å²) in [4.78, 5) is 35.2. The van der Waals surface area contributed by atoms with E-state index in [-0.39, 0.29) is 17.1 Å². The van der Waals surface area contributed by atoms with E-state index in [1.165, 1.54) is 4.90 Å². The van der Waals surface area contributed by atoms with Crippen LogP contribution in [0.3, 0.4) is 0 Å². The maximum atomic E-state index is 11.8. The summed E-state index contributed by atoms with van der Waals surface area (Å²) in [7, 11) is 0. The normalized spacial score (nSPS) is 16.2. The third-order valence-corrected chi connectivity index (χ3v) is 5.13. The molecule has 0 aliphatic carbocycles. The van der Waals surface area contributed by atoms with E-state index in [0.717, 1.165) is 37.9 Å². The van der Waals surface area contributed by atoms with Crippen molar-refractivity contribution in [1.29, 1.82) is 0 Å². The van der Waals surface area contributed by atoms with Gasteiger partial charge in [0.05, 0.1) is 5.25 Å². The zero-order valence-corrected chi connectivity index (χ0v) is 18.5. The highest BCUT2D eigenvalue weighted by molar-refractivity contribution is 8.00. The van der Waals surface area contributed by atoms with Crippen molar-refractivity contribution in [2.24, 2.45) is 0 Å². The van der Waals surface area contributed by atoms with E-state index in [2.05, 4.69) is 13.8 Å². The number of imide groups is 1. The summed E-state index contributed by atoms with van der Waals surface area (Å²) in [6, 6.07) is 0. The molecule has 1 fully saturated rings. The fraction of sp³-hybridized carbons (Fsp3) is 0.762. The van der Waals surface area contributed by atoms with Gasteiger partial charge in [0.25, 0.3) is 0 Å². The lowest BCUT2D eigenvalue weighted by molar-refractivity contribution is -0.138. The fourth-order valence-corrected chi connectivity index (χ4v) is 3.10. The molecule has 0 aromatic carbocycles. The van der Waals surface area contributed by atoms with Gasteiger partial charge in [-0.1, -0.05) is 46.3 Å². The van der Waals surface area contributed by atoms with Crippen molar-refractivity contribution >= 4 is 29.4 Å². The van der Waals surface area contributed by atoms with Crippen LogP contribution in [0.1, 0.15) is 86.5 Å². The van der Waals surface area contributed by atoms with Crippen molar-refractivity contribution in [3.05, 3.63) is 12.2 Å². The van der Waals surface area contributed by atoms with Gasteiger partial charge in [0.15, 0.2) is 0 Å². The number of amides is 2. The van der Waals surface area contributed by atoms with Crippen LogP contribution in [0.25, 0.3) is 0 Å². The Kier molecular flexibility index (Phi) is 19.5. The molecule has 1 saturated heterocycles. The lowest BCUT2D eigenvalue weighted by atomic mass is 10.2. The smallest absolute Gasteiger partial charge is 0.242 e. The molecule has 0 N–H and O–H groups in total. The van der Waals surface area contributed by atoms with Crippen LogP contribution in [0.2, 0.25) is 0 Å². The number of carbonyl (C=O) groups is 3. The molecule has 0 saturated carbocycles. The first-order valence-electron chi connectivity index (χ1n) is 9.97. The van der Waals surface area contributed by atoms with Gasteiger partial charge >= 0.3 is 0 Å². The largest absolute Gasteiger partial charge is 0.300 e. The molecule has 5 heteroatoms. The number of hydrogen-bond donors (Lipinski definition) is 0. The van der Waals surface area contributed by atoms with Gasteiger partial charge in [-0.2, -0.15) is 0 Å². The van der Waals surface area contributed by atoms with Crippen molar-refractivity contribution in [3.8, 4) is 0 Å². The van der Waals surface area contributed by atoms with E-state index in [1.807, 2.05) is 39.8 Å². The van der Waals surface area contributed by atoms with Crippen LogP contribution in [0, 0.1) is 0 Å². The van der Waals surface area contributed by atoms with Crippen molar-refractivity contribution < 1.29 is 14.4 Å². The maximum absolute atomic E-state index is 11.8. The predicted octanol–water partition coefficient (Wildman–Crippen LogP) is 5.41. The van der Waals surface area contributed by atoms with Crippen molar-refractivity contribution in [3.63, 3.8) is 0 Å². The Hall–Kier alpha value is -1.10. The second-order valence-corrected chi connectivity index (χ2v) is 7.42. The van der Waals surface area contributed by atoms with E-state index in [0.29, 0.717) is 25.2 Å². The van der Waals surface area contributed by atoms with Crippen LogP contribution in [0.15, 0.2) is 12.2 Å². The van der Waals surface area contributed by atoms with E-state index in [9.17, 15) is 14.4 Å². The summed E-state index contributed by atoms with van der Waals surface area (Å²) in [6.07, 6.45) is 9.86.